The summed E-state index contributed by atoms with van der Waals surface area (Å²) < 4.78 is 0. The van der Waals surface area contributed by atoms with Gasteiger partial charge in [0.05, 0.1) is 12.5 Å². The Morgan fingerprint density at radius 3 is 2.42 bits per heavy atom. The minimum absolute atomic E-state index is 0.0368. The molecule has 132 valence electrons. The maximum Gasteiger partial charge on any atom is 0.329 e. The van der Waals surface area contributed by atoms with E-state index in [0.717, 1.165) is 30.6 Å². The molecule has 1 aromatic heterocycles. The summed E-state index contributed by atoms with van der Waals surface area (Å²) in [5.41, 5.74) is -1.18. The first-order valence-electron chi connectivity index (χ1n) is 8.28. The summed E-state index contributed by atoms with van der Waals surface area (Å²) in [5.74, 6) is -1.53. The molecule has 1 unspecified atom stereocenters. The highest BCUT2D eigenvalue weighted by Gasteiger charge is 2.40. The number of rotatable bonds is 6. The largest absolute Gasteiger partial charge is 0.480 e. The third-order valence-corrected chi connectivity index (χ3v) is 5.38. The van der Waals surface area contributed by atoms with Gasteiger partial charge in [-0.05, 0) is 24.3 Å². The number of carboxylic acids is 1. The van der Waals surface area contributed by atoms with Gasteiger partial charge in [0, 0.05) is 11.8 Å². The van der Waals surface area contributed by atoms with Crippen molar-refractivity contribution in [1.29, 1.82) is 0 Å². The minimum atomic E-state index is -1.18. The van der Waals surface area contributed by atoms with Crippen LogP contribution < -0.4 is 10.6 Å². The summed E-state index contributed by atoms with van der Waals surface area (Å²) in [4.78, 5) is 36.6. The van der Waals surface area contributed by atoms with E-state index in [0.29, 0.717) is 12.8 Å². The zero-order valence-corrected chi connectivity index (χ0v) is 14.7. The van der Waals surface area contributed by atoms with Gasteiger partial charge in [-0.2, -0.15) is 0 Å². The molecule has 1 saturated carbocycles. The van der Waals surface area contributed by atoms with Crippen molar-refractivity contribution >= 4 is 29.1 Å². The molecule has 24 heavy (non-hydrogen) atoms. The third-order valence-electron chi connectivity index (χ3n) is 4.40. The Kier molecular flexibility index (Phi) is 6.36. The van der Waals surface area contributed by atoms with E-state index < -0.39 is 17.6 Å². The molecule has 2 amide bonds. The average Bonchev–Trinajstić information content (AvgIpc) is 2.93. The lowest BCUT2D eigenvalue weighted by Crippen LogP contribution is -2.54. The first kappa shape index (κ1) is 18.4. The lowest BCUT2D eigenvalue weighted by atomic mass is 9.90. The lowest BCUT2D eigenvalue weighted by Gasteiger charge is -2.30. The molecular weight excluding hydrogens is 328 g/mol. The van der Waals surface area contributed by atoms with Gasteiger partial charge in [-0.3, -0.25) is 9.59 Å². The zero-order valence-electron chi connectivity index (χ0n) is 13.8. The fraction of sp³-hybridized carbons (Fsp3) is 0.588. The molecule has 1 atom stereocenters. The van der Waals surface area contributed by atoms with E-state index in [-0.39, 0.29) is 18.2 Å². The first-order valence-corrected chi connectivity index (χ1v) is 9.16. The van der Waals surface area contributed by atoms with Gasteiger partial charge in [0.2, 0.25) is 11.8 Å². The van der Waals surface area contributed by atoms with E-state index in [4.69, 9.17) is 0 Å². The number of carbonyl (C=O) groups excluding carboxylic acids is 2. The van der Waals surface area contributed by atoms with Crippen LogP contribution in [-0.4, -0.2) is 28.4 Å². The van der Waals surface area contributed by atoms with Crippen molar-refractivity contribution in [2.75, 3.05) is 0 Å². The van der Waals surface area contributed by atoms with Crippen molar-refractivity contribution in [2.45, 2.75) is 63.5 Å². The van der Waals surface area contributed by atoms with Crippen LogP contribution in [0.3, 0.4) is 0 Å². The second kappa shape index (κ2) is 8.28. The average molecular weight is 352 g/mol. The monoisotopic (exact) mass is 352 g/mol. The van der Waals surface area contributed by atoms with Crippen LogP contribution in [0.15, 0.2) is 17.5 Å². The Hall–Kier alpha value is -1.89. The highest BCUT2D eigenvalue weighted by atomic mass is 32.1. The van der Waals surface area contributed by atoms with Crippen LogP contribution in [-0.2, 0) is 14.4 Å². The van der Waals surface area contributed by atoms with Gasteiger partial charge >= 0.3 is 5.97 Å². The maximum atomic E-state index is 12.5. The van der Waals surface area contributed by atoms with Crippen molar-refractivity contribution in [1.82, 2.24) is 10.6 Å². The minimum Gasteiger partial charge on any atom is -0.480 e. The van der Waals surface area contributed by atoms with Gasteiger partial charge in [0.1, 0.15) is 5.54 Å². The molecule has 2 rings (SSSR count). The van der Waals surface area contributed by atoms with Crippen LogP contribution >= 0.6 is 11.3 Å². The van der Waals surface area contributed by atoms with Crippen molar-refractivity contribution in [2.24, 2.45) is 0 Å². The van der Waals surface area contributed by atoms with Crippen LogP contribution in [0.2, 0.25) is 0 Å². The topological polar surface area (TPSA) is 95.5 Å². The standard InChI is InChI=1S/C17H24N2O4S/c1-12(20)18-13(14-7-6-10-24-14)11-15(21)19-17(16(22)23)8-4-2-3-5-9-17/h6-7,10,13H,2-5,8-9,11H2,1H3,(H,18,20)(H,19,21)(H,22,23). The van der Waals surface area contributed by atoms with E-state index in [2.05, 4.69) is 10.6 Å². The Labute approximate surface area is 145 Å². The summed E-state index contributed by atoms with van der Waals surface area (Å²) in [6, 6.07) is 3.28. The summed E-state index contributed by atoms with van der Waals surface area (Å²) in [7, 11) is 0. The van der Waals surface area contributed by atoms with Crippen LogP contribution in [0.4, 0.5) is 0 Å². The summed E-state index contributed by atoms with van der Waals surface area (Å²) in [5, 5.41) is 17.0. The number of amides is 2. The lowest BCUT2D eigenvalue weighted by molar-refractivity contribution is -0.148. The number of aliphatic carboxylic acids is 1. The molecular formula is C17H24N2O4S. The number of thiophene rings is 1. The molecule has 1 aliphatic rings. The quantitative estimate of drug-likeness (QED) is 0.686. The van der Waals surface area contributed by atoms with Gasteiger partial charge < -0.3 is 15.7 Å². The fourth-order valence-corrected chi connectivity index (χ4v) is 3.96. The summed E-state index contributed by atoms with van der Waals surface area (Å²) in [6.07, 6.45) is 4.54. The second-order valence-corrected chi connectivity index (χ2v) is 7.30. The van der Waals surface area contributed by atoms with Gasteiger partial charge in [-0.15, -0.1) is 11.3 Å². The third kappa shape index (κ3) is 4.80. The maximum absolute atomic E-state index is 12.5. The van der Waals surface area contributed by atoms with Crippen molar-refractivity contribution in [3.63, 3.8) is 0 Å². The molecule has 3 N–H and O–H groups in total. The predicted molar refractivity (Wildman–Crippen MR) is 91.7 cm³/mol. The zero-order chi connectivity index (χ0) is 17.6. The van der Waals surface area contributed by atoms with E-state index in [1.165, 1.54) is 18.3 Å². The Balaban J connectivity index is 2.08. The number of carboxylic acid groups (broad SMARTS) is 1. The molecule has 0 aromatic carbocycles. The van der Waals surface area contributed by atoms with Crippen LogP contribution in [0.5, 0.6) is 0 Å². The molecule has 0 bridgehead atoms. The Morgan fingerprint density at radius 1 is 1.25 bits per heavy atom. The van der Waals surface area contributed by atoms with Crippen LogP contribution in [0.1, 0.15) is 62.8 Å². The second-order valence-electron chi connectivity index (χ2n) is 6.32. The SMILES string of the molecule is CC(=O)NC(CC(=O)NC1(C(=O)O)CCCCCC1)c1cccs1. The van der Waals surface area contributed by atoms with Crippen LogP contribution in [0, 0.1) is 0 Å². The van der Waals surface area contributed by atoms with E-state index in [1.807, 2.05) is 17.5 Å². The highest BCUT2D eigenvalue weighted by Crippen LogP contribution is 2.28. The molecule has 1 fully saturated rings. The number of hydrogen-bond donors (Lipinski definition) is 3. The van der Waals surface area contributed by atoms with Gasteiger partial charge in [-0.1, -0.05) is 31.7 Å². The van der Waals surface area contributed by atoms with E-state index in [1.54, 1.807) is 0 Å². The van der Waals surface area contributed by atoms with Crippen LogP contribution in [0.25, 0.3) is 0 Å². The molecule has 7 heteroatoms. The first-order chi connectivity index (χ1) is 11.4. The molecule has 0 spiro atoms. The summed E-state index contributed by atoms with van der Waals surface area (Å²) >= 11 is 1.46. The number of carbonyl (C=O) groups is 3. The van der Waals surface area contributed by atoms with Gasteiger partial charge in [0.15, 0.2) is 0 Å². The Bertz CT molecular complexity index is 577. The van der Waals surface area contributed by atoms with E-state index >= 15 is 0 Å². The van der Waals surface area contributed by atoms with Gasteiger partial charge in [-0.25, -0.2) is 4.79 Å². The molecule has 0 radical (unpaired) electrons. The molecule has 0 saturated heterocycles. The normalized spacial score (nSPS) is 18.2. The number of nitrogens with one attached hydrogen (secondary N) is 2. The number of hydrogen-bond acceptors (Lipinski definition) is 4. The molecule has 1 aromatic rings. The van der Waals surface area contributed by atoms with Crippen molar-refractivity contribution in [3.8, 4) is 0 Å². The smallest absolute Gasteiger partial charge is 0.329 e. The fourth-order valence-electron chi connectivity index (χ4n) is 3.19. The van der Waals surface area contributed by atoms with Gasteiger partial charge in [0.25, 0.3) is 0 Å². The van der Waals surface area contributed by atoms with Crippen molar-refractivity contribution in [3.05, 3.63) is 22.4 Å². The van der Waals surface area contributed by atoms with E-state index in [9.17, 15) is 19.5 Å². The van der Waals surface area contributed by atoms with Crippen molar-refractivity contribution < 1.29 is 19.5 Å². The highest BCUT2D eigenvalue weighted by molar-refractivity contribution is 7.10. The molecule has 0 aliphatic heterocycles. The molecule has 1 heterocycles. The molecule has 1 aliphatic carbocycles. The Morgan fingerprint density at radius 2 is 1.92 bits per heavy atom. The molecule has 6 nitrogen and oxygen atoms in total. The predicted octanol–water partition coefficient (Wildman–Crippen LogP) is 2.61. The summed E-state index contributed by atoms with van der Waals surface area (Å²) in [6.45, 7) is 1.41.